The molecule has 1 rings (SSSR count). The van der Waals surface area contributed by atoms with Gasteiger partial charge in [-0.1, -0.05) is 31.4 Å². The fraction of sp³-hybridized carbons (Fsp3) is 0.0714. The first-order valence-electron chi connectivity index (χ1n) is 4.87. The number of hydrogen-bond acceptors (Lipinski definition) is 2. The van der Waals surface area contributed by atoms with Crippen LogP contribution in [0.25, 0.3) is 0 Å². The number of ketones is 1. The molecule has 0 aliphatic rings. The number of benzene rings is 1. The summed E-state index contributed by atoms with van der Waals surface area (Å²) >= 11 is 0. The summed E-state index contributed by atoms with van der Waals surface area (Å²) < 4.78 is 5.02. The Morgan fingerprint density at radius 2 is 1.88 bits per heavy atom. The van der Waals surface area contributed by atoms with Crippen LogP contribution in [0.2, 0.25) is 0 Å². The lowest BCUT2D eigenvalue weighted by Gasteiger charge is -2.03. The van der Waals surface area contributed by atoms with Crippen LogP contribution < -0.4 is 4.74 Å². The Balaban J connectivity index is 2.99. The highest BCUT2D eigenvalue weighted by molar-refractivity contribution is 6.10. The maximum absolute atomic E-state index is 11.9. The Morgan fingerprint density at radius 1 is 1.25 bits per heavy atom. The smallest absolute Gasteiger partial charge is 0.193 e. The predicted molar refractivity (Wildman–Crippen MR) is 65.8 cm³/mol. The highest BCUT2D eigenvalue weighted by Crippen LogP contribution is 2.15. The van der Waals surface area contributed by atoms with Crippen LogP contribution in [0.3, 0.4) is 0 Å². The molecule has 0 unspecified atom stereocenters. The number of hydrogen-bond donors (Lipinski definition) is 0. The van der Waals surface area contributed by atoms with Gasteiger partial charge in [0.05, 0.1) is 7.11 Å². The van der Waals surface area contributed by atoms with Gasteiger partial charge in [-0.3, -0.25) is 4.79 Å². The van der Waals surface area contributed by atoms with Gasteiger partial charge in [0.2, 0.25) is 0 Å². The average Bonchev–Trinajstić information content (AvgIpc) is 2.35. The van der Waals surface area contributed by atoms with Crippen LogP contribution in [-0.4, -0.2) is 12.9 Å². The SMILES string of the molecule is C=C/C=C(\C=C)C(=O)c1ccc(OC)cc1. The van der Waals surface area contributed by atoms with Crippen molar-refractivity contribution in [2.45, 2.75) is 0 Å². The van der Waals surface area contributed by atoms with E-state index in [2.05, 4.69) is 13.2 Å². The predicted octanol–water partition coefficient (Wildman–Crippen LogP) is 3.18. The monoisotopic (exact) mass is 214 g/mol. The third-order valence-electron chi connectivity index (χ3n) is 2.13. The van der Waals surface area contributed by atoms with Gasteiger partial charge in [-0.15, -0.1) is 0 Å². The lowest BCUT2D eigenvalue weighted by molar-refractivity contribution is 0.103. The molecule has 0 aliphatic carbocycles. The van der Waals surface area contributed by atoms with Gasteiger partial charge in [0, 0.05) is 11.1 Å². The standard InChI is InChI=1S/C14H14O2/c1-4-6-11(5-2)14(15)12-7-9-13(16-3)10-8-12/h4-10H,1-2H2,3H3/b11-6+. The van der Waals surface area contributed by atoms with Crippen molar-refractivity contribution >= 4 is 5.78 Å². The molecule has 0 bridgehead atoms. The quantitative estimate of drug-likeness (QED) is 0.427. The van der Waals surface area contributed by atoms with Gasteiger partial charge in [0.1, 0.15) is 5.75 Å². The van der Waals surface area contributed by atoms with Crippen LogP contribution in [0.15, 0.2) is 61.2 Å². The molecular weight excluding hydrogens is 200 g/mol. The number of rotatable bonds is 5. The van der Waals surface area contributed by atoms with E-state index in [9.17, 15) is 4.79 Å². The van der Waals surface area contributed by atoms with Crippen LogP contribution >= 0.6 is 0 Å². The summed E-state index contributed by atoms with van der Waals surface area (Å²) in [6.07, 6.45) is 4.73. The van der Waals surface area contributed by atoms with Crippen LogP contribution in [0.5, 0.6) is 5.75 Å². The summed E-state index contributed by atoms with van der Waals surface area (Å²) in [5, 5.41) is 0. The first kappa shape index (κ1) is 12.0. The molecule has 0 atom stereocenters. The maximum atomic E-state index is 11.9. The average molecular weight is 214 g/mol. The Morgan fingerprint density at radius 3 is 2.31 bits per heavy atom. The van der Waals surface area contributed by atoms with Gasteiger partial charge in [-0.05, 0) is 24.3 Å². The second-order valence-corrected chi connectivity index (χ2v) is 3.12. The molecule has 0 heterocycles. The second kappa shape index (κ2) is 5.71. The van der Waals surface area contributed by atoms with Crippen molar-refractivity contribution in [3.05, 3.63) is 66.8 Å². The van der Waals surface area contributed by atoms with E-state index in [1.54, 1.807) is 43.5 Å². The van der Waals surface area contributed by atoms with Crippen molar-refractivity contribution in [1.82, 2.24) is 0 Å². The molecule has 82 valence electrons. The van der Waals surface area contributed by atoms with Gasteiger partial charge in [0.15, 0.2) is 5.78 Å². The number of Topliss-reactive ketones (excluding diaryl/α,β-unsaturated/α-hetero) is 1. The summed E-state index contributed by atoms with van der Waals surface area (Å²) in [5.41, 5.74) is 1.13. The normalized spacial score (nSPS) is 10.7. The van der Waals surface area contributed by atoms with E-state index < -0.39 is 0 Å². The van der Waals surface area contributed by atoms with E-state index in [4.69, 9.17) is 4.74 Å². The Kier molecular flexibility index (Phi) is 4.28. The van der Waals surface area contributed by atoms with E-state index in [1.807, 2.05) is 0 Å². The summed E-state index contributed by atoms with van der Waals surface area (Å²) in [5.74, 6) is 0.655. The van der Waals surface area contributed by atoms with E-state index in [0.717, 1.165) is 5.75 Å². The first-order valence-corrected chi connectivity index (χ1v) is 4.87. The lowest BCUT2D eigenvalue weighted by atomic mass is 10.0. The molecule has 0 saturated carbocycles. The molecule has 0 amide bonds. The first-order chi connectivity index (χ1) is 7.72. The van der Waals surface area contributed by atoms with E-state index in [0.29, 0.717) is 11.1 Å². The molecule has 16 heavy (non-hydrogen) atoms. The molecule has 0 spiro atoms. The van der Waals surface area contributed by atoms with E-state index in [-0.39, 0.29) is 5.78 Å². The number of ether oxygens (including phenoxy) is 1. The molecule has 0 aromatic heterocycles. The minimum atomic E-state index is -0.0717. The van der Waals surface area contributed by atoms with Crippen molar-refractivity contribution in [1.29, 1.82) is 0 Å². The van der Waals surface area contributed by atoms with Crippen LogP contribution in [0.1, 0.15) is 10.4 Å². The number of methoxy groups -OCH3 is 1. The largest absolute Gasteiger partial charge is 0.497 e. The zero-order valence-electron chi connectivity index (χ0n) is 9.27. The molecule has 0 radical (unpaired) electrons. The molecule has 0 aliphatic heterocycles. The lowest BCUT2D eigenvalue weighted by Crippen LogP contribution is -2.01. The second-order valence-electron chi connectivity index (χ2n) is 3.12. The zero-order valence-corrected chi connectivity index (χ0v) is 9.27. The van der Waals surface area contributed by atoms with Crippen LogP contribution in [-0.2, 0) is 0 Å². The van der Waals surface area contributed by atoms with Crippen molar-refractivity contribution in [2.24, 2.45) is 0 Å². The summed E-state index contributed by atoms with van der Waals surface area (Å²) in [4.78, 5) is 11.9. The molecule has 1 aromatic rings. The number of carbonyl (C=O) groups excluding carboxylic acids is 1. The van der Waals surface area contributed by atoms with E-state index >= 15 is 0 Å². The maximum Gasteiger partial charge on any atom is 0.193 e. The third-order valence-corrected chi connectivity index (χ3v) is 2.13. The molecule has 0 fully saturated rings. The molecule has 2 heteroatoms. The zero-order chi connectivity index (χ0) is 12.0. The van der Waals surface area contributed by atoms with Gasteiger partial charge >= 0.3 is 0 Å². The van der Waals surface area contributed by atoms with Crippen LogP contribution in [0.4, 0.5) is 0 Å². The highest BCUT2D eigenvalue weighted by atomic mass is 16.5. The Bertz CT molecular complexity index is 425. The Hall–Kier alpha value is -2.09. The Labute approximate surface area is 95.6 Å². The van der Waals surface area contributed by atoms with Crippen molar-refractivity contribution in [3.63, 3.8) is 0 Å². The van der Waals surface area contributed by atoms with Gasteiger partial charge < -0.3 is 4.74 Å². The van der Waals surface area contributed by atoms with Gasteiger partial charge in [0.25, 0.3) is 0 Å². The van der Waals surface area contributed by atoms with Crippen LogP contribution in [0, 0.1) is 0 Å². The van der Waals surface area contributed by atoms with Crippen molar-refractivity contribution < 1.29 is 9.53 Å². The molecule has 0 saturated heterocycles. The summed E-state index contributed by atoms with van der Waals surface area (Å²) in [6.45, 7) is 7.15. The molecular formula is C14H14O2. The van der Waals surface area contributed by atoms with Gasteiger partial charge in [-0.2, -0.15) is 0 Å². The number of carbonyl (C=O) groups is 1. The van der Waals surface area contributed by atoms with Gasteiger partial charge in [-0.25, -0.2) is 0 Å². The number of allylic oxidation sites excluding steroid dienone is 4. The fourth-order valence-corrected chi connectivity index (χ4v) is 1.27. The molecule has 2 nitrogen and oxygen atoms in total. The van der Waals surface area contributed by atoms with Crippen molar-refractivity contribution in [2.75, 3.05) is 7.11 Å². The molecule has 0 N–H and O–H groups in total. The topological polar surface area (TPSA) is 26.3 Å². The van der Waals surface area contributed by atoms with E-state index in [1.165, 1.54) is 6.08 Å². The van der Waals surface area contributed by atoms with Crippen molar-refractivity contribution in [3.8, 4) is 5.75 Å². The summed E-state index contributed by atoms with van der Waals surface area (Å²) in [7, 11) is 1.59. The highest BCUT2D eigenvalue weighted by Gasteiger charge is 2.08. The minimum Gasteiger partial charge on any atom is -0.497 e. The minimum absolute atomic E-state index is 0.0717. The molecule has 1 aromatic carbocycles. The summed E-state index contributed by atoms with van der Waals surface area (Å²) in [6, 6.07) is 6.95. The fourth-order valence-electron chi connectivity index (χ4n) is 1.27. The third kappa shape index (κ3) is 2.70.